The Labute approximate surface area is 73.3 Å². The second-order valence-electron chi connectivity index (χ2n) is 3.12. The third-order valence-electron chi connectivity index (χ3n) is 1.81. The molecule has 0 spiro atoms. The summed E-state index contributed by atoms with van der Waals surface area (Å²) in [6, 6.07) is 0. The molecule has 0 aromatic carbocycles. The van der Waals surface area contributed by atoms with Crippen molar-refractivity contribution < 1.29 is 4.74 Å². The van der Waals surface area contributed by atoms with Gasteiger partial charge < -0.3 is 4.74 Å². The third-order valence-corrected chi connectivity index (χ3v) is 1.81. The van der Waals surface area contributed by atoms with Crippen LogP contribution in [0.25, 0.3) is 0 Å². The van der Waals surface area contributed by atoms with Crippen molar-refractivity contribution in [3.63, 3.8) is 0 Å². The van der Waals surface area contributed by atoms with E-state index in [-0.39, 0.29) is 0 Å². The molecule has 12 heavy (non-hydrogen) atoms. The number of nitrogens with zero attached hydrogens (tertiary/aromatic N) is 2. The minimum atomic E-state index is 0.472. The fraction of sp³-hybridized carbons (Fsp3) is 0.667. The number of aromatic nitrogens is 2. The van der Waals surface area contributed by atoms with E-state index in [1.807, 2.05) is 20.2 Å². The van der Waals surface area contributed by atoms with Gasteiger partial charge in [0.05, 0.1) is 12.8 Å². The number of rotatable bonds is 3. The van der Waals surface area contributed by atoms with Crippen molar-refractivity contribution in [2.24, 2.45) is 7.05 Å². The highest BCUT2D eigenvalue weighted by atomic mass is 16.5. The Morgan fingerprint density at radius 2 is 2.25 bits per heavy atom. The molecule has 0 aliphatic rings. The van der Waals surface area contributed by atoms with Crippen molar-refractivity contribution in [1.82, 2.24) is 9.78 Å². The van der Waals surface area contributed by atoms with Crippen LogP contribution in [0.1, 0.15) is 32.3 Å². The Balaban J connectivity index is 2.95. The molecule has 1 rings (SSSR count). The predicted molar refractivity (Wildman–Crippen MR) is 48.5 cm³/mol. The molecule has 0 saturated carbocycles. The first-order valence-electron chi connectivity index (χ1n) is 4.31. The molecule has 1 aromatic rings. The van der Waals surface area contributed by atoms with Gasteiger partial charge in [0.15, 0.2) is 0 Å². The highest BCUT2D eigenvalue weighted by Gasteiger charge is 2.11. The number of aryl methyl sites for hydroxylation is 1. The van der Waals surface area contributed by atoms with Crippen molar-refractivity contribution in [3.8, 4) is 5.88 Å². The van der Waals surface area contributed by atoms with Crippen LogP contribution in [0.3, 0.4) is 0 Å². The predicted octanol–water partition coefficient (Wildman–Crippen LogP) is 1.94. The summed E-state index contributed by atoms with van der Waals surface area (Å²) in [5, 5.41) is 4.15. The first-order chi connectivity index (χ1) is 5.66. The monoisotopic (exact) mass is 168 g/mol. The van der Waals surface area contributed by atoms with Gasteiger partial charge in [-0.25, -0.2) is 4.68 Å². The zero-order valence-corrected chi connectivity index (χ0v) is 8.16. The molecular weight excluding hydrogens is 152 g/mol. The summed E-state index contributed by atoms with van der Waals surface area (Å²) in [6.45, 7) is 6.95. The van der Waals surface area contributed by atoms with Crippen LogP contribution < -0.4 is 4.74 Å². The van der Waals surface area contributed by atoms with Crippen molar-refractivity contribution in [3.05, 3.63) is 11.8 Å². The molecule has 1 heterocycles. The van der Waals surface area contributed by atoms with E-state index >= 15 is 0 Å². The zero-order valence-electron chi connectivity index (χ0n) is 8.16. The van der Waals surface area contributed by atoms with E-state index in [2.05, 4.69) is 18.9 Å². The van der Waals surface area contributed by atoms with Crippen LogP contribution in [0, 0.1) is 0 Å². The van der Waals surface area contributed by atoms with Crippen LogP contribution in [-0.4, -0.2) is 16.4 Å². The van der Waals surface area contributed by atoms with Gasteiger partial charge in [-0.2, -0.15) is 5.10 Å². The van der Waals surface area contributed by atoms with E-state index in [1.54, 1.807) is 4.68 Å². The lowest BCUT2D eigenvalue weighted by molar-refractivity contribution is 0.305. The second kappa shape index (κ2) is 3.61. The van der Waals surface area contributed by atoms with Gasteiger partial charge in [0, 0.05) is 12.6 Å². The molecule has 0 aliphatic carbocycles. The molecule has 0 aliphatic heterocycles. The summed E-state index contributed by atoms with van der Waals surface area (Å²) in [4.78, 5) is 0. The van der Waals surface area contributed by atoms with Crippen LogP contribution in [0.5, 0.6) is 5.88 Å². The van der Waals surface area contributed by atoms with Crippen LogP contribution in [0.15, 0.2) is 6.20 Å². The second-order valence-corrected chi connectivity index (χ2v) is 3.12. The lowest BCUT2D eigenvalue weighted by Crippen LogP contribution is -2.01. The number of hydrogen-bond acceptors (Lipinski definition) is 2. The van der Waals surface area contributed by atoms with E-state index in [0.717, 1.165) is 5.88 Å². The molecule has 3 nitrogen and oxygen atoms in total. The molecule has 1 aromatic heterocycles. The molecule has 0 saturated heterocycles. The number of hydrogen-bond donors (Lipinski definition) is 0. The van der Waals surface area contributed by atoms with Gasteiger partial charge in [0.2, 0.25) is 5.88 Å². The van der Waals surface area contributed by atoms with Gasteiger partial charge in [-0.3, -0.25) is 0 Å². The molecule has 0 radical (unpaired) electrons. The Morgan fingerprint density at radius 1 is 1.58 bits per heavy atom. The molecular formula is C9H16N2O. The fourth-order valence-corrected chi connectivity index (χ4v) is 1.15. The van der Waals surface area contributed by atoms with Crippen LogP contribution in [0.2, 0.25) is 0 Å². The summed E-state index contributed by atoms with van der Waals surface area (Å²) in [5.41, 5.74) is 1.18. The Bertz CT molecular complexity index is 253. The summed E-state index contributed by atoms with van der Waals surface area (Å²) in [7, 11) is 1.90. The van der Waals surface area contributed by atoms with E-state index in [4.69, 9.17) is 4.74 Å². The van der Waals surface area contributed by atoms with Crippen LogP contribution in [-0.2, 0) is 7.05 Å². The number of ether oxygens (including phenoxy) is 1. The van der Waals surface area contributed by atoms with E-state index in [0.29, 0.717) is 12.5 Å². The SMILES string of the molecule is CCOc1c(C(C)C)cnn1C. The molecule has 3 heteroatoms. The molecule has 0 amide bonds. The maximum Gasteiger partial charge on any atom is 0.214 e. The maximum atomic E-state index is 5.47. The zero-order chi connectivity index (χ0) is 9.14. The third kappa shape index (κ3) is 1.60. The summed E-state index contributed by atoms with van der Waals surface area (Å²) in [6.07, 6.45) is 1.87. The topological polar surface area (TPSA) is 27.1 Å². The standard InChI is InChI=1S/C9H16N2O/c1-5-12-9-8(7(2)3)6-10-11(9)4/h6-7H,5H2,1-4H3. The Kier molecular flexibility index (Phi) is 2.74. The molecule has 68 valence electrons. The minimum Gasteiger partial charge on any atom is -0.478 e. The summed E-state index contributed by atoms with van der Waals surface area (Å²) >= 11 is 0. The molecule has 0 bridgehead atoms. The van der Waals surface area contributed by atoms with Gasteiger partial charge in [0.25, 0.3) is 0 Å². The Morgan fingerprint density at radius 3 is 2.75 bits per heavy atom. The maximum absolute atomic E-state index is 5.47. The molecule has 0 unspecified atom stereocenters. The van der Waals surface area contributed by atoms with Crippen LogP contribution in [0.4, 0.5) is 0 Å². The van der Waals surface area contributed by atoms with E-state index in [9.17, 15) is 0 Å². The van der Waals surface area contributed by atoms with Crippen LogP contribution >= 0.6 is 0 Å². The average Bonchev–Trinajstić information content (AvgIpc) is 2.34. The first kappa shape index (κ1) is 9.10. The normalized spacial score (nSPS) is 10.8. The Hall–Kier alpha value is -0.990. The van der Waals surface area contributed by atoms with Crippen molar-refractivity contribution in [2.75, 3.05) is 6.61 Å². The van der Waals surface area contributed by atoms with Gasteiger partial charge in [0.1, 0.15) is 0 Å². The highest BCUT2D eigenvalue weighted by Crippen LogP contribution is 2.24. The van der Waals surface area contributed by atoms with Gasteiger partial charge >= 0.3 is 0 Å². The summed E-state index contributed by atoms with van der Waals surface area (Å²) < 4.78 is 7.25. The van der Waals surface area contributed by atoms with Crippen molar-refractivity contribution in [2.45, 2.75) is 26.7 Å². The lowest BCUT2D eigenvalue weighted by atomic mass is 10.1. The quantitative estimate of drug-likeness (QED) is 0.689. The van der Waals surface area contributed by atoms with Gasteiger partial charge in [-0.1, -0.05) is 13.8 Å². The van der Waals surface area contributed by atoms with E-state index < -0.39 is 0 Å². The van der Waals surface area contributed by atoms with E-state index in [1.165, 1.54) is 5.56 Å². The smallest absolute Gasteiger partial charge is 0.214 e. The molecule has 0 fully saturated rings. The molecule has 0 atom stereocenters. The fourth-order valence-electron chi connectivity index (χ4n) is 1.15. The average molecular weight is 168 g/mol. The lowest BCUT2D eigenvalue weighted by Gasteiger charge is -2.08. The molecule has 0 N–H and O–H groups in total. The largest absolute Gasteiger partial charge is 0.478 e. The first-order valence-corrected chi connectivity index (χ1v) is 4.31. The minimum absolute atomic E-state index is 0.472. The summed E-state index contributed by atoms with van der Waals surface area (Å²) in [5.74, 6) is 1.37. The highest BCUT2D eigenvalue weighted by molar-refractivity contribution is 5.27. The van der Waals surface area contributed by atoms with Gasteiger partial charge in [-0.05, 0) is 12.8 Å². The van der Waals surface area contributed by atoms with Crippen molar-refractivity contribution in [1.29, 1.82) is 0 Å². The van der Waals surface area contributed by atoms with Crippen molar-refractivity contribution >= 4 is 0 Å². The van der Waals surface area contributed by atoms with Gasteiger partial charge in [-0.15, -0.1) is 0 Å².